The van der Waals surface area contributed by atoms with Gasteiger partial charge in [0.15, 0.2) is 11.5 Å². The Bertz CT molecular complexity index is 633. The lowest BCUT2D eigenvalue weighted by molar-refractivity contribution is -0.125. The Balaban J connectivity index is 2.15. The summed E-state index contributed by atoms with van der Waals surface area (Å²) in [4.78, 5) is 25.6. The Kier molecular flexibility index (Phi) is 6.64. The second kappa shape index (κ2) is 8.71. The third-order valence-electron chi connectivity index (χ3n) is 4.30. The molecule has 1 aromatic rings. The van der Waals surface area contributed by atoms with Crippen LogP contribution < -0.4 is 20.1 Å². The molecule has 2 N–H and O–H groups in total. The number of imide groups is 1. The standard InChI is InChI=1S/C18H27N3O4/c1-5-24-15-9-13-7-8-21(11-14(13)10-16(15)25-6-2)12(3)17(22)20-18(23)19-4/h9-10,12H,5-8,11H2,1-4H3,(H2,19,20,22,23)/t12-/m1/s1. The van der Waals surface area contributed by atoms with Crippen molar-refractivity contribution in [3.05, 3.63) is 23.3 Å². The molecule has 1 aliphatic heterocycles. The molecule has 2 rings (SSSR count). The van der Waals surface area contributed by atoms with E-state index in [-0.39, 0.29) is 5.91 Å². The van der Waals surface area contributed by atoms with Gasteiger partial charge in [0.05, 0.1) is 19.3 Å². The number of urea groups is 1. The number of benzene rings is 1. The Hall–Kier alpha value is -2.28. The van der Waals surface area contributed by atoms with Crippen LogP contribution in [0.1, 0.15) is 31.9 Å². The number of amides is 3. The molecule has 1 atom stereocenters. The number of fused-ring (bicyclic) bond motifs is 1. The van der Waals surface area contributed by atoms with Crippen LogP contribution in [0, 0.1) is 0 Å². The highest BCUT2D eigenvalue weighted by Gasteiger charge is 2.27. The number of nitrogens with zero attached hydrogens (tertiary/aromatic N) is 1. The van der Waals surface area contributed by atoms with E-state index in [2.05, 4.69) is 15.5 Å². The van der Waals surface area contributed by atoms with Crippen molar-refractivity contribution in [1.29, 1.82) is 0 Å². The number of hydrogen-bond acceptors (Lipinski definition) is 5. The SMILES string of the molecule is CCOc1cc2c(cc1OCC)CN([C@H](C)C(=O)NC(=O)NC)CC2. The van der Waals surface area contributed by atoms with Crippen molar-refractivity contribution in [2.45, 2.75) is 39.8 Å². The molecule has 0 aromatic heterocycles. The number of carbonyl (C=O) groups excluding carboxylic acids is 2. The molecule has 0 saturated heterocycles. The van der Waals surface area contributed by atoms with Gasteiger partial charge in [0.2, 0.25) is 5.91 Å². The van der Waals surface area contributed by atoms with E-state index in [1.165, 1.54) is 12.6 Å². The Morgan fingerprint density at radius 3 is 2.32 bits per heavy atom. The Morgan fingerprint density at radius 2 is 1.76 bits per heavy atom. The molecule has 0 fully saturated rings. The van der Waals surface area contributed by atoms with Gasteiger partial charge in [0.1, 0.15) is 0 Å². The van der Waals surface area contributed by atoms with Crippen LogP contribution in [-0.4, -0.2) is 49.7 Å². The van der Waals surface area contributed by atoms with Crippen LogP contribution >= 0.6 is 0 Å². The lowest BCUT2D eigenvalue weighted by Crippen LogP contribution is -2.50. The third-order valence-corrected chi connectivity index (χ3v) is 4.30. The minimum atomic E-state index is -0.491. The smallest absolute Gasteiger partial charge is 0.321 e. The number of hydrogen-bond donors (Lipinski definition) is 2. The molecule has 1 aliphatic rings. The van der Waals surface area contributed by atoms with Crippen LogP contribution in [0.5, 0.6) is 11.5 Å². The van der Waals surface area contributed by atoms with Crippen molar-refractivity contribution in [2.24, 2.45) is 0 Å². The second-order valence-corrected chi connectivity index (χ2v) is 5.90. The molecular weight excluding hydrogens is 322 g/mol. The molecule has 0 aliphatic carbocycles. The van der Waals surface area contributed by atoms with Crippen LogP contribution in [0.25, 0.3) is 0 Å². The first-order chi connectivity index (χ1) is 12.0. The molecule has 25 heavy (non-hydrogen) atoms. The largest absolute Gasteiger partial charge is 0.490 e. The third kappa shape index (κ3) is 4.63. The zero-order valence-corrected chi connectivity index (χ0v) is 15.3. The van der Waals surface area contributed by atoms with Gasteiger partial charge in [-0.15, -0.1) is 0 Å². The maximum Gasteiger partial charge on any atom is 0.321 e. The summed E-state index contributed by atoms with van der Waals surface area (Å²) in [6.45, 7) is 8.21. The van der Waals surface area contributed by atoms with Crippen molar-refractivity contribution in [2.75, 3.05) is 26.8 Å². The average Bonchev–Trinajstić information content (AvgIpc) is 2.61. The van der Waals surface area contributed by atoms with E-state index in [1.54, 1.807) is 6.92 Å². The average molecular weight is 349 g/mol. The van der Waals surface area contributed by atoms with Gasteiger partial charge in [0, 0.05) is 20.1 Å². The van der Waals surface area contributed by atoms with Crippen LogP contribution in [-0.2, 0) is 17.8 Å². The molecule has 0 spiro atoms. The highest BCUT2D eigenvalue weighted by atomic mass is 16.5. The summed E-state index contributed by atoms with van der Waals surface area (Å²) >= 11 is 0. The first-order valence-corrected chi connectivity index (χ1v) is 8.68. The van der Waals surface area contributed by atoms with Crippen LogP contribution in [0.4, 0.5) is 4.79 Å². The summed E-state index contributed by atoms with van der Waals surface area (Å²) in [5.41, 5.74) is 2.33. The summed E-state index contributed by atoms with van der Waals surface area (Å²) in [5, 5.41) is 4.72. The second-order valence-electron chi connectivity index (χ2n) is 5.90. The molecule has 0 radical (unpaired) electrons. The normalized spacial score (nSPS) is 15.0. The highest BCUT2D eigenvalue weighted by Crippen LogP contribution is 2.34. The number of nitrogens with one attached hydrogen (secondary N) is 2. The minimum absolute atomic E-state index is 0.307. The fourth-order valence-electron chi connectivity index (χ4n) is 2.90. The molecule has 0 unspecified atom stereocenters. The van der Waals surface area contributed by atoms with E-state index in [9.17, 15) is 9.59 Å². The number of rotatable bonds is 6. The van der Waals surface area contributed by atoms with Crippen LogP contribution in [0.15, 0.2) is 12.1 Å². The summed E-state index contributed by atoms with van der Waals surface area (Å²) in [6, 6.07) is 3.15. The van der Waals surface area contributed by atoms with Crippen molar-refractivity contribution >= 4 is 11.9 Å². The van der Waals surface area contributed by atoms with Crippen LogP contribution in [0.3, 0.4) is 0 Å². The Morgan fingerprint density at radius 1 is 1.16 bits per heavy atom. The first-order valence-electron chi connectivity index (χ1n) is 8.68. The van der Waals surface area contributed by atoms with Crippen molar-refractivity contribution in [3.63, 3.8) is 0 Å². The van der Waals surface area contributed by atoms with Gasteiger partial charge in [-0.3, -0.25) is 15.0 Å². The summed E-state index contributed by atoms with van der Waals surface area (Å²) in [5.74, 6) is 1.19. The van der Waals surface area contributed by atoms with Crippen molar-refractivity contribution in [3.8, 4) is 11.5 Å². The van der Waals surface area contributed by atoms with E-state index in [1.807, 2.05) is 26.0 Å². The van der Waals surface area contributed by atoms with Crippen LogP contribution in [0.2, 0.25) is 0 Å². The molecule has 1 aromatic carbocycles. The Labute approximate surface area is 148 Å². The monoisotopic (exact) mass is 349 g/mol. The molecule has 1 heterocycles. The molecule has 3 amide bonds. The summed E-state index contributed by atoms with van der Waals surface area (Å²) in [7, 11) is 1.48. The topological polar surface area (TPSA) is 79.9 Å². The predicted octanol–water partition coefficient (Wildman–Crippen LogP) is 1.69. The molecule has 0 saturated carbocycles. The van der Waals surface area contributed by atoms with E-state index >= 15 is 0 Å². The van der Waals surface area contributed by atoms with Gasteiger partial charge in [-0.1, -0.05) is 0 Å². The van der Waals surface area contributed by atoms with Gasteiger partial charge < -0.3 is 14.8 Å². The lowest BCUT2D eigenvalue weighted by Gasteiger charge is -2.33. The van der Waals surface area contributed by atoms with E-state index < -0.39 is 12.1 Å². The highest BCUT2D eigenvalue weighted by molar-refractivity contribution is 5.96. The molecular formula is C18H27N3O4. The minimum Gasteiger partial charge on any atom is -0.490 e. The van der Waals surface area contributed by atoms with E-state index in [4.69, 9.17) is 9.47 Å². The maximum atomic E-state index is 12.2. The van der Waals surface area contributed by atoms with Gasteiger partial charge >= 0.3 is 6.03 Å². The summed E-state index contributed by atoms with van der Waals surface area (Å²) < 4.78 is 11.4. The van der Waals surface area contributed by atoms with Gasteiger partial charge in [-0.05, 0) is 50.5 Å². The van der Waals surface area contributed by atoms with Gasteiger partial charge in [0.25, 0.3) is 0 Å². The van der Waals surface area contributed by atoms with Gasteiger partial charge in [-0.25, -0.2) is 4.79 Å². The van der Waals surface area contributed by atoms with E-state index in [0.29, 0.717) is 19.8 Å². The van der Waals surface area contributed by atoms with Gasteiger partial charge in [-0.2, -0.15) is 0 Å². The predicted molar refractivity (Wildman–Crippen MR) is 95.0 cm³/mol. The quantitative estimate of drug-likeness (QED) is 0.817. The summed E-state index contributed by atoms with van der Waals surface area (Å²) in [6.07, 6.45) is 0.819. The van der Waals surface area contributed by atoms with Crippen molar-refractivity contribution < 1.29 is 19.1 Å². The fraction of sp³-hybridized carbons (Fsp3) is 0.556. The first kappa shape index (κ1) is 19.1. The molecule has 0 bridgehead atoms. The van der Waals surface area contributed by atoms with E-state index in [0.717, 1.165) is 30.0 Å². The zero-order valence-electron chi connectivity index (χ0n) is 15.3. The zero-order chi connectivity index (χ0) is 18.4. The number of ether oxygens (including phenoxy) is 2. The maximum absolute atomic E-state index is 12.2. The molecule has 138 valence electrons. The molecule has 7 nitrogen and oxygen atoms in total. The van der Waals surface area contributed by atoms with Crippen molar-refractivity contribution in [1.82, 2.24) is 15.5 Å². The fourth-order valence-corrected chi connectivity index (χ4v) is 2.90. The lowest BCUT2D eigenvalue weighted by atomic mass is 9.97. The molecule has 7 heteroatoms. The number of carbonyl (C=O) groups is 2.